The van der Waals surface area contributed by atoms with E-state index in [1.54, 1.807) is 31.1 Å². The zero-order valence-corrected chi connectivity index (χ0v) is 13.5. The molecule has 2 aromatic carbocycles. The maximum Gasteiger partial charge on any atom is 0.135 e. The monoisotopic (exact) mass is 346 g/mol. The number of anilines is 1. The molecule has 1 heterocycles. The minimum absolute atomic E-state index is 0.0915. The summed E-state index contributed by atoms with van der Waals surface area (Å²) in [4.78, 5) is 6.03. The highest BCUT2D eigenvalue weighted by molar-refractivity contribution is 5.73. The van der Waals surface area contributed by atoms with Crippen molar-refractivity contribution in [2.24, 2.45) is 0 Å². The SMILES string of the molecule is CN(C)c1cc(-c2ccc(F)cc2F)nc(-c2ccc(F)cc2F)c1. The van der Waals surface area contributed by atoms with Crippen molar-refractivity contribution in [3.8, 4) is 22.5 Å². The van der Waals surface area contributed by atoms with Crippen LogP contribution >= 0.6 is 0 Å². The number of rotatable bonds is 3. The van der Waals surface area contributed by atoms with Crippen molar-refractivity contribution < 1.29 is 17.6 Å². The lowest BCUT2D eigenvalue weighted by atomic mass is 10.1. The molecule has 0 saturated carbocycles. The third kappa shape index (κ3) is 3.47. The Morgan fingerprint density at radius 2 is 1.12 bits per heavy atom. The summed E-state index contributed by atoms with van der Waals surface area (Å²) in [7, 11) is 3.54. The predicted octanol–water partition coefficient (Wildman–Crippen LogP) is 5.04. The largest absolute Gasteiger partial charge is 0.378 e. The number of aromatic nitrogens is 1. The summed E-state index contributed by atoms with van der Waals surface area (Å²) in [5.74, 6) is -2.94. The lowest BCUT2D eigenvalue weighted by Gasteiger charge is -2.16. The van der Waals surface area contributed by atoms with Crippen LogP contribution in [0, 0.1) is 23.3 Å². The number of hydrogen-bond donors (Lipinski definition) is 0. The molecular weight excluding hydrogens is 332 g/mol. The number of halogens is 4. The molecule has 6 heteroatoms. The maximum atomic E-state index is 14.1. The van der Waals surface area contributed by atoms with Crippen molar-refractivity contribution in [2.45, 2.75) is 0 Å². The first-order chi connectivity index (χ1) is 11.8. The van der Waals surface area contributed by atoms with E-state index in [1.165, 1.54) is 12.1 Å². The van der Waals surface area contributed by atoms with Crippen LogP contribution in [0.5, 0.6) is 0 Å². The molecule has 3 rings (SSSR count). The average Bonchev–Trinajstić information content (AvgIpc) is 2.54. The molecule has 0 bridgehead atoms. The van der Waals surface area contributed by atoms with Crippen molar-refractivity contribution in [2.75, 3.05) is 19.0 Å². The normalized spacial score (nSPS) is 10.8. The summed E-state index contributed by atoms with van der Waals surface area (Å²) in [5, 5.41) is 0. The first-order valence-corrected chi connectivity index (χ1v) is 7.45. The minimum Gasteiger partial charge on any atom is -0.378 e. The van der Waals surface area contributed by atoms with E-state index in [0.717, 1.165) is 24.3 Å². The topological polar surface area (TPSA) is 16.1 Å². The lowest BCUT2D eigenvalue weighted by Crippen LogP contribution is -2.09. The lowest BCUT2D eigenvalue weighted by molar-refractivity contribution is 0.585. The standard InChI is InChI=1S/C19H14F4N2/c1-25(2)13-9-18(14-5-3-11(20)7-16(14)22)24-19(10-13)15-6-4-12(21)8-17(15)23/h3-10H,1-2H3. The fourth-order valence-electron chi connectivity index (χ4n) is 2.44. The highest BCUT2D eigenvalue weighted by Crippen LogP contribution is 2.31. The fourth-order valence-corrected chi connectivity index (χ4v) is 2.44. The molecule has 0 aliphatic heterocycles. The van der Waals surface area contributed by atoms with Gasteiger partial charge in [0, 0.05) is 43.0 Å². The summed E-state index contributed by atoms with van der Waals surface area (Å²) in [6, 6.07) is 9.55. The number of pyridine rings is 1. The van der Waals surface area contributed by atoms with E-state index in [-0.39, 0.29) is 22.5 Å². The first kappa shape index (κ1) is 17.0. The highest BCUT2D eigenvalue weighted by Gasteiger charge is 2.15. The molecule has 0 amide bonds. The van der Waals surface area contributed by atoms with Crippen LogP contribution in [0.4, 0.5) is 23.2 Å². The Kier molecular flexibility index (Phi) is 4.44. The van der Waals surface area contributed by atoms with Crippen LogP contribution < -0.4 is 4.90 Å². The van der Waals surface area contributed by atoms with Gasteiger partial charge in [0.2, 0.25) is 0 Å². The van der Waals surface area contributed by atoms with E-state index >= 15 is 0 Å². The van der Waals surface area contributed by atoms with E-state index in [1.807, 2.05) is 0 Å². The van der Waals surface area contributed by atoms with Crippen LogP contribution in [-0.2, 0) is 0 Å². The van der Waals surface area contributed by atoms with E-state index in [0.29, 0.717) is 5.69 Å². The molecule has 25 heavy (non-hydrogen) atoms. The average molecular weight is 346 g/mol. The molecule has 0 saturated heterocycles. The summed E-state index contributed by atoms with van der Waals surface area (Å²) in [5.41, 5.74) is 1.28. The summed E-state index contributed by atoms with van der Waals surface area (Å²) in [6.45, 7) is 0. The number of nitrogens with zero attached hydrogens (tertiary/aromatic N) is 2. The molecular formula is C19H14F4N2. The van der Waals surface area contributed by atoms with Crippen LogP contribution in [0.2, 0.25) is 0 Å². The molecule has 0 radical (unpaired) electrons. The molecule has 0 N–H and O–H groups in total. The third-order valence-electron chi connectivity index (χ3n) is 3.74. The molecule has 0 aliphatic rings. The van der Waals surface area contributed by atoms with Gasteiger partial charge in [-0.15, -0.1) is 0 Å². The zero-order valence-electron chi connectivity index (χ0n) is 13.5. The van der Waals surface area contributed by atoms with E-state index in [2.05, 4.69) is 4.98 Å². The number of hydrogen-bond acceptors (Lipinski definition) is 2. The van der Waals surface area contributed by atoms with Crippen LogP contribution in [0.1, 0.15) is 0 Å². The van der Waals surface area contributed by atoms with Gasteiger partial charge in [0.05, 0.1) is 11.4 Å². The molecule has 0 atom stereocenters. The molecule has 128 valence electrons. The molecule has 0 unspecified atom stereocenters. The Bertz CT molecular complexity index is 869. The zero-order chi connectivity index (χ0) is 18.1. The van der Waals surface area contributed by atoms with Gasteiger partial charge in [-0.25, -0.2) is 22.5 Å². The van der Waals surface area contributed by atoms with Crippen LogP contribution in [0.3, 0.4) is 0 Å². The molecule has 0 fully saturated rings. The van der Waals surface area contributed by atoms with Gasteiger partial charge in [-0.2, -0.15) is 0 Å². The second kappa shape index (κ2) is 6.55. The fraction of sp³-hybridized carbons (Fsp3) is 0.105. The van der Waals surface area contributed by atoms with Gasteiger partial charge in [0.15, 0.2) is 0 Å². The van der Waals surface area contributed by atoms with Crippen LogP contribution in [0.15, 0.2) is 48.5 Å². The quantitative estimate of drug-likeness (QED) is 0.618. The van der Waals surface area contributed by atoms with Crippen LogP contribution in [-0.4, -0.2) is 19.1 Å². The van der Waals surface area contributed by atoms with E-state index in [9.17, 15) is 17.6 Å². The van der Waals surface area contributed by atoms with Gasteiger partial charge >= 0.3 is 0 Å². The summed E-state index contributed by atoms with van der Waals surface area (Å²) < 4.78 is 54.5. The van der Waals surface area contributed by atoms with E-state index in [4.69, 9.17) is 0 Å². The van der Waals surface area contributed by atoms with Gasteiger partial charge < -0.3 is 4.90 Å². The van der Waals surface area contributed by atoms with Gasteiger partial charge in [-0.05, 0) is 36.4 Å². The molecule has 1 aromatic heterocycles. The molecule has 0 spiro atoms. The van der Waals surface area contributed by atoms with Crippen molar-refractivity contribution >= 4 is 5.69 Å². The second-order valence-electron chi connectivity index (χ2n) is 5.74. The first-order valence-electron chi connectivity index (χ1n) is 7.45. The molecule has 2 nitrogen and oxygen atoms in total. The minimum atomic E-state index is -0.770. The molecule has 3 aromatic rings. The van der Waals surface area contributed by atoms with Gasteiger partial charge in [0.1, 0.15) is 23.3 Å². The Hall–Kier alpha value is -2.89. The summed E-state index contributed by atoms with van der Waals surface area (Å²) in [6.07, 6.45) is 0. The van der Waals surface area contributed by atoms with Gasteiger partial charge in [-0.1, -0.05) is 0 Å². The van der Waals surface area contributed by atoms with Crippen molar-refractivity contribution in [1.82, 2.24) is 4.98 Å². The van der Waals surface area contributed by atoms with Gasteiger partial charge in [0.25, 0.3) is 0 Å². The third-order valence-corrected chi connectivity index (χ3v) is 3.74. The Balaban J connectivity index is 2.22. The van der Waals surface area contributed by atoms with Crippen molar-refractivity contribution in [3.63, 3.8) is 0 Å². The van der Waals surface area contributed by atoms with Crippen molar-refractivity contribution in [1.29, 1.82) is 0 Å². The summed E-state index contributed by atoms with van der Waals surface area (Å²) >= 11 is 0. The number of benzene rings is 2. The highest BCUT2D eigenvalue weighted by atomic mass is 19.1. The molecule has 0 aliphatic carbocycles. The Morgan fingerprint density at radius 1 is 0.680 bits per heavy atom. The van der Waals surface area contributed by atoms with Crippen molar-refractivity contribution in [3.05, 3.63) is 71.8 Å². The smallest absolute Gasteiger partial charge is 0.135 e. The predicted molar refractivity (Wildman–Crippen MR) is 89.3 cm³/mol. The Labute approximate surface area is 142 Å². The maximum absolute atomic E-state index is 14.1. The Morgan fingerprint density at radius 3 is 1.48 bits per heavy atom. The second-order valence-corrected chi connectivity index (χ2v) is 5.74. The van der Waals surface area contributed by atoms with Crippen LogP contribution in [0.25, 0.3) is 22.5 Å². The van der Waals surface area contributed by atoms with E-state index < -0.39 is 23.3 Å². The van der Waals surface area contributed by atoms with Gasteiger partial charge in [-0.3, -0.25) is 0 Å².